The summed E-state index contributed by atoms with van der Waals surface area (Å²) < 4.78 is 0. The number of carboxylic acid groups (broad SMARTS) is 1. The molecule has 0 saturated carbocycles. The molecule has 0 saturated heterocycles. The lowest BCUT2D eigenvalue weighted by Crippen LogP contribution is -2.38. The number of nitrogens with zero attached hydrogens (tertiary/aromatic N) is 3. The third kappa shape index (κ3) is 3.63. The van der Waals surface area contributed by atoms with Gasteiger partial charge in [-0.05, 0) is 25.3 Å². The Kier molecular flexibility index (Phi) is 4.70. The van der Waals surface area contributed by atoms with Crippen LogP contribution in [-0.2, 0) is 0 Å². The Morgan fingerprint density at radius 2 is 1.96 bits per heavy atom. The van der Waals surface area contributed by atoms with E-state index in [-0.39, 0.29) is 6.04 Å². The van der Waals surface area contributed by atoms with Gasteiger partial charge < -0.3 is 10.1 Å². The molecule has 0 radical (unpaired) electrons. The van der Waals surface area contributed by atoms with E-state index in [9.17, 15) is 9.90 Å². The first-order chi connectivity index (χ1) is 12.0. The number of aromatic amines is 1. The zero-order valence-corrected chi connectivity index (χ0v) is 14.6. The largest absolute Gasteiger partial charge is 0.465 e. The number of rotatable bonds is 5. The summed E-state index contributed by atoms with van der Waals surface area (Å²) in [4.78, 5) is 25.2. The number of fused-ring (bicyclic) bond motifs is 1. The molecule has 2 N–H and O–H groups in total. The Bertz CT molecular complexity index is 874. The summed E-state index contributed by atoms with van der Waals surface area (Å²) >= 11 is 0. The Morgan fingerprint density at radius 1 is 1.24 bits per heavy atom. The van der Waals surface area contributed by atoms with Crippen LogP contribution in [0.15, 0.2) is 42.6 Å². The van der Waals surface area contributed by atoms with Gasteiger partial charge in [0.15, 0.2) is 5.65 Å². The maximum absolute atomic E-state index is 11.8. The van der Waals surface area contributed by atoms with Crippen molar-refractivity contribution in [3.05, 3.63) is 42.6 Å². The standard InChI is InChI=1S/C19H22N4O2/c1-12(2)9-13(3)23(19(24)25)15-10-16-18(20-11-15)22-17(21-16)14-7-5-4-6-8-14/h4-8,10-13H,9H2,1-3H3,(H,24,25)(H,20,21,22). The molecule has 130 valence electrons. The molecule has 0 bridgehead atoms. The Hall–Kier alpha value is -2.89. The van der Waals surface area contributed by atoms with Gasteiger partial charge in [-0.15, -0.1) is 0 Å². The maximum atomic E-state index is 11.8. The molecule has 2 aromatic heterocycles. The van der Waals surface area contributed by atoms with Crippen LogP contribution in [0.4, 0.5) is 10.5 Å². The fraction of sp³-hybridized carbons (Fsp3) is 0.316. The molecule has 3 rings (SSSR count). The molecule has 6 heteroatoms. The third-order valence-electron chi connectivity index (χ3n) is 4.11. The average Bonchev–Trinajstić information content (AvgIpc) is 2.98. The molecule has 2 heterocycles. The van der Waals surface area contributed by atoms with Crippen LogP contribution in [0.2, 0.25) is 0 Å². The molecule has 1 aromatic carbocycles. The van der Waals surface area contributed by atoms with E-state index in [0.717, 1.165) is 17.8 Å². The molecule has 1 atom stereocenters. The van der Waals surface area contributed by atoms with Crippen LogP contribution in [0.3, 0.4) is 0 Å². The molecule has 25 heavy (non-hydrogen) atoms. The highest BCUT2D eigenvalue weighted by atomic mass is 16.4. The molecule has 1 amide bonds. The third-order valence-corrected chi connectivity index (χ3v) is 4.11. The van der Waals surface area contributed by atoms with Crippen molar-refractivity contribution in [1.82, 2.24) is 15.0 Å². The SMILES string of the molecule is CC(C)CC(C)N(C(=O)O)c1cnc2[nH]c(-c3ccccc3)nc2c1. The van der Waals surface area contributed by atoms with E-state index in [4.69, 9.17) is 0 Å². The predicted octanol–water partition coefficient (Wildman–Crippen LogP) is 4.54. The number of nitrogens with one attached hydrogen (secondary N) is 1. The smallest absolute Gasteiger partial charge is 0.412 e. The van der Waals surface area contributed by atoms with Crippen molar-refractivity contribution in [1.29, 1.82) is 0 Å². The first kappa shape index (κ1) is 17.0. The summed E-state index contributed by atoms with van der Waals surface area (Å²) in [5.74, 6) is 1.13. The van der Waals surface area contributed by atoms with Crippen LogP contribution < -0.4 is 4.90 Å². The molecular weight excluding hydrogens is 316 g/mol. The van der Waals surface area contributed by atoms with E-state index in [2.05, 4.69) is 28.8 Å². The number of aromatic nitrogens is 3. The van der Waals surface area contributed by atoms with Crippen LogP contribution in [0.1, 0.15) is 27.2 Å². The average molecular weight is 338 g/mol. The second kappa shape index (κ2) is 6.93. The Balaban J connectivity index is 1.98. The van der Waals surface area contributed by atoms with Gasteiger partial charge in [-0.1, -0.05) is 44.2 Å². The zero-order chi connectivity index (χ0) is 18.0. The van der Waals surface area contributed by atoms with Gasteiger partial charge >= 0.3 is 6.09 Å². The van der Waals surface area contributed by atoms with E-state index in [1.807, 2.05) is 37.3 Å². The first-order valence-electron chi connectivity index (χ1n) is 8.39. The fourth-order valence-corrected chi connectivity index (χ4v) is 3.09. The molecule has 6 nitrogen and oxygen atoms in total. The molecule has 0 spiro atoms. The summed E-state index contributed by atoms with van der Waals surface area (Å²) in [5, 5.41) is 9.64. The quantitative estimate of drug-likeness (QED) is 0.715. The number of anilines is 1. The summed E-state index contributed by atoms with van der Waals surface area (Å²) in [6.07, 6.45) is 1.38. The van der Waals surface area contributed by atoms with Crippen molar-refractivity contribution in [3.8, 4) is 11.4 Å². The molecule has 3 aromatic rings. The van der Waals surface area contributed by atoms with Crippen LogP contribution >= 0.6 is 0 Å². The van der Waals surface area contributed by atoms with Gasteiger partial charge in [-0.2, -0.15) is 0 Å². The van der Waals surface area contributed by atoms with Gasteiger partial charge in [0.2, 0.25) is 0 Å². The van der Waals surface area contributed by atoms with Crippen LogP contribution in [0, 0.1) is 5.92 Å². The molecule has 0 aliphatic carbocycles. The number of hydrogen-bond donors (Lipinski definition) is 2. The van der Waals surface area contributed by atoms with Crippen molar-refractivity contribution < 1.29 is 9.90 Å². The maximum Gasteiger partial charge on any atom is 0.412 e. The molecule has 0 fully saturated rings. The second-order valence-electron chi connectivity index (χ2n) is 6.64. The number of pyridine rings is 1. The number of H-pyrrole nitrogens is 1. The fourth-order valence-electron chi connectivity index (χ4n) is 3.09. The topological polar surface area (TPSA) is 82.1 Å². The lowest BCUT2D eigenvalue weighted by molar-refractivity contribution is 0.198. The Morgan fingerprint density at radius 3 is 2.60 bits per heavy atom. The summed E-state index contributed by atoms with van der Waals surface area (Å²) in [5.41, 5.74) is 2.80. The van der Waals surface area contributed by atoms with Crippen LogP contribution in [-0.4, -0.2) is 32.2 Å². The zero-order valence-electron chi connectivity index (χ0n) is 14.6. The van der Waals surface area contributed by atoms with Gasteiger partial charge in [0.05, 0.1) is 11.9 Å². The molecule has 1 unspecified atom stereocenters. The summed E-state index contributed by atoms with van der Waals surface area (Å²) in [7, 11) is 0. The lowest BCUT2D eigenvalue weighted by Gasteiger charge is -2.27. The normalized spacial score (nSPS) is 12.5. The highest BCUT2D eigenvalue weighted by Crippen LogP contribution is 2.25. The minimum absolute atomic E-state index is 0.135. The van der Waals surface area contributed by atoms with Crippen LogP contribution in [0.5, 0.6) is 0 Å². The van der Waals surface area contributed by atoms with Crippen molar-refractivity contribution >= 4 is 22.9 Å². The van der Waals surface area contributed by atoms with Crippen molar-refractivity contribution in [2.45, 2.75) is 33.2 Å². The first-order valence-corrected chi connectivity index (χ1v) is 8.39. The summed E-state index contributed by atoms with van der Waals surface area (Å²) in [6, 6.07) is 11.4. The second-order valence-corrected chi connectivity index (χ2v) is 6.64. The van der Waals surface area contributed by atoms with E-state index in [1.165, 1.54) is 4.90 Å². The molecule has 0 aliphatic heterocycles. The number of amides is 1. The predicted molar refractivity (Wildman–Crippen MR) is 98.7 cm³/mol. The number of carbonyl (C=O) groups is 1. The number of hydrogen-bond acceptors (Lipinski definition) is 3. The summed E-state index contributed by atoms with van der Waals surface area (Å²) in [6.45, 7) is 6.08. The molecule has 0 aliphatic rings. The van der Waals surface area contributed by atoms with Crippen molar-refractivity contribution in [2.24, 2.45) is 5.92 Å². The van der Waals surface area contributed by atoms with E-state index >= 15 is 0 Å². The minimum atomic E-state index is -0.979. The highest BCUT2D eigenvalue weighted by molar-refractivity contribution is 5.89. The van der Waals surface area contributed by atoms with Gasteiger partial charge in [0.25, 0.3) is 0 Å². The van der Waals surface area contributed by atoms with E-state index in [0.29, 0.717) is 22.8 Å². The van der Waals surface area contributed by atoms with Gasteiger partial charge in [0.1, 0.15) is 11.3 Å². The van der Waals surface area contributed by atoms with E-state index in [1.54, 1.807) is 12.3 Å². The van der Waals surface area contributed by atoms with Gasteiger partial charge in [0, 0.05) is 11.6 Å². The number of benzene rings is 1. The van der Waals surface area contributed by atoms with Crippen molar-refractivity contribution in [2.75, 3.05) is 4.90 Å². The monoisotopic (exact) mass is 338 g/mol. The molecular formula is C19H22N4O2. The van der Waals surface area contributed by atoms with Gasteiger partial charge in [-0.3, -0.25) is 4.90 Å². The highest BCUT2D eigenvalue weighted by Gasteiger charge is 2.23. The van der Waals surface area contributed by atoms with E-state index < -0.39 is 6.09 Å². The van der Waals surface area contributed by atoms with Gasteiger partial charge in [-0.25, -0.2) is 14.8 Å². The minimum Gasteiger partial charge on any atom is -0.465 e. The Labute approximate surface area is 146 Å². The van der Waals surface area contributed by atoms with Crippen molar-refractivity contribution in [3.63, 3.8) is 0 Å². The lowest BCUT2D eigenvalue weighted by atomic mass is 10.0. The number of imidazole rings is 1. The van der Waals surface area contributed by atoms with Crippen LogP contribution in [0.25, 0.3) is 22.6 Å².